The Labute approximate surface area is 103 Å². The molecule has 1 N–H and O–H groups in total. The molecule has 2 nitrogen and oxygen atoms in total. The van der Waals surface area contributed by atoms with Crippen LogP contribution in [0.25, 0.3) is 0 Å². The molecule has 2 unspecified atom stereocenters. The Morgan fingerprint density at radius 1 is 1.12 bits per heavy atom. The first-order valence-corrected chi connectivity index (χ1v) is 6.23. The standard InChI is InChI=1S/C12H25F3N2/c1-6-16-10(4)7-11(5)17(9(2)3)8-12(13,14)15/h9-11,16H,6-8H2,1-5H3. The summed E-state index contributed by atoms with van der Waals surface area (Å²) >= 11 is 0. The van der Waals surface area contributed by atoms with Crippen molar-refractivity contribution >= 4 is 0 Å². The van der Waals surface area contributed by atoms with Crippen molar-refractivity contribution in [2.24, 2.45) is 0 Å². The summed E-state index contributed by atoms with van der Waals surface area (Å²) in [5, 5.41) is 3.23. The topological polar surface area (TPSA) is 15.3 Å². The van der Waals surface area contributed by atoms with Gasteiger partial charge in [-0.25, -0.2) is 0 Å². The monoisotopic (exact) mass is 254 g/mol. The van der Waals surface area contributed by atoms with E-state index in [-0.39, 0.29) is 18.1 Å². The van der Waals surface area contributed by atoms with Gasteiger partial charge in [-0.05, 0) is 40.7 Å². The molecule has 2 atom stereocenters. The minimum absolute atomic E-state index is 0.0781. The fraction of sp³-hybridized carbons (Fsp3) is 1.00. The van der Waals surface area contributed by atoms with Crippen LogP contribution < -0.4 is 5.32 Å². The van der Waals surface area contributed by atoms with Crippen LogP contribution in [-0.2, 0) is 0 Å². The molecule has 0 spiro atoms. The van der Waals surface area contributed by atoms with Crippen molar-refractivity contribution in [1.29, 1.82) is 0 Å². The number of nitrogens with zero attached hydrogens (tertiary/aromatic N) is 1. The van der Waals surface area contributed by atoms with Crippen LogP contribution in [0.2, 0.25) is 0 Å². The summed E-state index contributed by atoms with van der Waals surface area (Å²) in [6.45, 7) is 9.49. The maximum absolute atomic E-state index is 12.5. The first-order valence-electron chi connectivity index (χ1n) is 6.23. The highest BCUT2D eigenvalue weighted by atomic mass is 19.4. The molecule has 0 aliphatic carbocycles. The number of hydrogen-bond acceptors (Lipinski definition) is 2. The van der Waals surface area contributed by atoms with Crippen molar-refractivity contribution in [1.82, 2.24) is 10.2 Å². The van der Waals surface area contributed by atoms with Crippen molar-refractivity contribution < 1.29 is 13.2 Å². The fourth-order valence-corrected chi connectivity index (χ4v) is 2.13. The summed E-state index contributed by atoms with van der Waals surface area (Å²) < 4.78 is 37.4. The second-order valence-corrected chi connectivity index (χ2v) is 4.92. The van der Waals surface area contributed by atoms with Crippen LogP contribution in [-0.4, -0.2) is 42.3 Å². The molecule has 0 aliphatic heterocycles. The summed E-state index contributed by atoms with van der Waals surface area (Å²) in [4.78, 5) is 1.51. The molecular weight excluding hydrogens is 229 g/mol. The Morgan fingerprint density at radius 2 is 1.65 bits per heavy atom. The Bertz CT molecular complexity index is 204. The first-order chi connectivity index (χ1) is 7.67. The fourth-order valence-electron chi connectivity index (χ4n) is 2.13. The van der Waals surface area contributed by atoms with E-state index in [0.29, 0.717) is 0 Å². The minimum atomic E-state index is -4.13. The molecule has 0 aromatic heterocycles. The van der Waals surface area contributed by atoms with E-state index in [4.69, 9.17) is 0 Å². The van der Waals surface area contributed by atoms with Crippen LogP contribution in [0, 0.1) is 0 Å². The highest BCUT2D eigenvalue weighted by molar-refractivity contribution is 4.77. The third-order valence-corrected chi connectivity index (χ3v) is 2.84. The smallest absolute Gasteiger partial charge is 0.314 e. The van der Waals surface area contributed by atoms with Gasteiger partial charge < -0.3 is 5.32 Å². The average Bonchev–Trinajstić information content (AvgIpc) is 2.12. The van der Waals surface area contributed by atoms with Gasteiger partial charge in [-0.2, -0.15) is 13.2 Å². The Balaban J connectivity index is 4.39. The van der Waals surface area contributed by atoms with Crippen molar-refractivity contribution in [2.45, 2.75) is 65.3 Å². The van der Waals surface area contributed by atoms with Crippen LogP contribution in [0.4, 0.5) is 13.2 Å². The van der Waals surface area contributed by atoms with E-state index in [1.54, 1.807) is 13.8 Å². The zero-order chi connectivity index (χ0) is 13.6. The molecule has 0 rings (SSSR count). The minimum Gasteiger partial charge on any atom is -0.314 e. The van der Waals surface area contributed by atoms with E-state index in [1.807, 2.05) is 20.8 Å². The number of hydrogen-bond donors (Lipinski definition) is 1. The van der Waals surface area contributed by atoms with Gasteiger partial charge >= 0.3 is 6.18 Å². The molecule has 0 amide bonds. The van der Waals surface area contributed by atoms with E-state index in [0.717, 1.165) is 13.0 Å². The highest BCUT2D eigenvalue weighted by Crippen LogP contribution is 2.21. The molecule has 5 heteroatoms. The SMILES string of the molecule is CCNC(C)CC(C)N(CC(F)(F)F)C(C)C. The maximum Gasteiger partial charge on any atom is 0.401 e. The van der Waals surface area contributed by atoms with E-state index >= 15 is 0 Å². The van der Waals surface area contributed by atoms with Crippen LogP contribution in [0.5, 0.6) is 0 Å². The molecule has 0 aromatic carbocycles. The van der Waals surface area contributed by atoms with Crippen LogP contribution in [0.1, 0.15) is 41.0 Å². The molecule has 104 valence electrons. The van der Waals surface area contributed by atoms with Crippen molar-refractivity contribution in [3.05, 3.63) is 0 Å². The lowest BCUT2D eigenvalue weighted by atomic mass is 10.1. The second kappa shape index (κ2) is 7.21. The molecule has 0 bridgehead atoms. The van der Waals surface area contributed by atoms with Crippen LogP contribution in [0.3, 0.4) is 0 Å². The largest absolute Gasteiger partial charge is 0.401 e. The molecule has 0 radical (unpaired) electrons. The molecule has 17 heavy (non-hydrogen) atoms. The van der Waals surface area contributed by atoms with E-state index in [2.05, 4.69) is 5.32 Å². The van der Waals surface area contributed by atoms with Gasteiger partial charge in [0.25, 0.3) is 0 Å². The molecule has 0 saturated carbocycles. The predicted octanol–water partition coefficient (Wildman–Crippen LogP) is 3.04. The normalized spacial score (nSPS) is 16.6. The molecule has 0 saturated heterocycles. The van der Waals surface area contributed by atoms with E-state index in [9.17, 15) is 13.2 Å². The van der Waals surface area contributed by atoms with Gasteiger partial charge in [0, 0.05) is 18.1 Å². The number of nitrogens with one attached hydrogen (secondary N) is 1. The average molecular weight is 254 g/mol. The molecule has 0 heterocycles. The Morgan fingerprint density at radius 3 is 2.00 bits per heavy atom. The van der Waals surface area contributed by atoms with Gasteiger partial charge in [0.2, 0.25) is 0 Å². The lowest BCUT2D eigenvalue weighted by molar-refractivity contribution is -0.155. The Hall–Kier alpha value is -0.290. The van der Waals surface area contributed by atoms with Gasteiger partial charge in [0.15, 0.2) is 0 Å². The zero-order valence-corrected chi connectivity index (χ0v) is 11.4. The third kappa shape index (κ3) is 7.60. The van der Waals surface area contributed by atoms with Gasteiger partial charge in [-0.1, -0.05) is 6.92 Å². The number of halogens is 3. The molecule has 0 aliphatic rings. The second-order valence-electron chi connectivity index (χ2n) is 4.92. The first kappa shape index (κ1) is 16.7. The Kier molecular flexibility index (Phi) is 7.09. The number of rotatable bonds is 7. The summed E-state index contributed by atoms with van der Waals surface area (Å²) in [6, 6.07) is 0.0654. The lowest BCUT2D eigenvalue weighted by Gasteiger charge is -2.34. The number of alkyl halides is 3. The molecule has 0 fully saturated rings. The van der Waals surface area contributed by atoms with Crippen molar-refractivity contribution in [2.75, 3.05) is 13.1 Å². The third-order valence-electron chi connectivity index (χ3n) is 2.84. The highest BCUT2D eigenvalue weighted by Gasteiger charge is 2.34. The van der Waals surface area contributed by atoms with Crippen LogP contribution >= 0.6 is 0 Å². The van der Waals surface area contributed by atoms with Gasteiger partial charge in [0.1, 0.15) is 0 Å². The van der Waals surface area contributed by atoms with E-state index < -0.39 is 12.7 Å². The van der Waals surface area contributed by atoms with E-state index in [1.165, 1.54) is 4.90 Å². The van der Waals surface area contributed by atoms with Crippen LogP contribution in [0.15, 0.2) is 0 Å². The van der Waals surface area contributed by atoms with Gasteiger partial charge in [0.05, 0.1) is 6.54 Å². The molecular formula is C12H25F3N2. The summed E-state index contributed by atoms with van der Waals surface area (Å²) in [7, 11) is 0. The van der Waals surface area contributed by atoms with Crippen molar-refractivity contribution in [3.8, 4) is 0 Å². The quantitative estimate of drug-likeness (QED) is 0.751. The summed E-state index contributed by atoms with van der Waals surface area (Å²) in [5.74, 6) is 0. The summed E-state index contributed by atoms with van der Waals surface area (Å²) in [6.07, 6.45) is -3.40. The van der Waals surface area contributed by atoms with Gasteiger partial charge in [-0.3, -0.25) is 4.90 Å². The maximum atomic E-state index is 12.5. The van der Waals surface area contributed by atoms with Crippen molar-refractivity contribution in [3.63, 3.8) is 0 Å². The summed E-state index contributed by atoms with van der Waals surface area (Å²) in [5.41, 5.74) is 0. The molecule has 0 aromatic rings. The lowest BCUT2D eigenvalue weighted by Crippen LogP contribution is -2.46. The van der Waals surface area contributed by atoms with Gasteiger partial charge in [-0.15, -0.1) is 0 Å². The zero-order valence-electron chi connectivity index (χ0n) is 11.4. The predicted molar refractivity (Wildman–Crippen MR) is 65.1 cm³/mol.